The highest BCUT2D eigenvalue weighted by molar-refractivity contribution is 5.66. The van der Waals surface area contributed by atoms with Gasteiger partial charge in [0.25, 0.3) is 0 Å². The van der Waals surface area contributed by atoms with Crippen molar-refractivity contribution in [3.63, 3.8) is 0 Å². The van der Waals surface area contributed by atoms with Gasteiger partial charge in [-0.05, 0) is 66.6 Å². The molecule has 1 aliphatic carbocycles. The van der Waals surface area contributed by atoms with Gasteiger partial charge in [0.2, 0.25) is 5.95 Å². The van der Waals surface area contributed by atoms with Crippen LogP contribution < -0.4 is 11.1 Å². The lowest BCUT2D eigenvalue weighted by Gasteiger charge is -2.34. The Hall–Kier alpha value is -3.50. The fourth-order valence-electron chi connectivity index (χ4n) is 5.12. The third-order valence-corrected chi connectivity index (χ3v) is 7.12. The van der Waals surface area contributed by atoms with E-state index >= 15 is 8.78 Å². The number of imidazole rings is 1. The molecule has 36 heavy (non-hydrogen) atoms. The highest BCUT2D eigenvalue weighted by Gasteiger charge is 2.41. The van der Waals surface area contributed by atoms with Gasteiger partial charge in [-0.1, -0.05) is 6.42 Å². The molecular formula is C26H25F3N6O. The van der Waals surface area contributed by atoms with E-state index in [9.17, 15) is 4.39 Å². The van der Waals surface area contributed by atoms with Gasteiger partial charge in [-0.2, -0.15) is 9.61 Å². The Kier molecular flexibility index (Phi) is 5.65. The molecule has 7 nitrogen and oxygen atoms in total. The van der Waals surface area contributed by atoms with Crippen molar-refractivity contribution in [2.75, 3.05) is 18.5 Å². The zero-order chi connectivity index (χ0) is 24.9. The highest BCUT2D eigenvalue weighted by Crippen LogP contribution is 2.38. The number of aromatic nitrogens is 4. The SMILES string of the molecule is N[C@H]1CCC[C@@H](c2ccncc2Nc2ncc3ccc(-c4c(F)cc(C5(F)COC5)cc4F)nn23)C1. The number of anilines is 2. The van der Waals surface area contributed by atoms with Crippen LogP contribution in [0.3, 0.4) is 0 Å². The van der Waals surface area contributed by atoms with Crippen LogP contribution in [0, 0.1) is 11.6 Å². The molecule has 2 atom stereocenters. The average Bonchev–Trinajstić information content (AvgIpc) is 3.24. The van der Waals surface area contributed by atoms with Gasteiger partial charge in [0, 0.05) is 12.2 Å². The summed E-state index contributed by atoms with van der Waals surface area (Å²) in [4.78, 5) is 8.68. The van der Waals surface area contributed by atoms with E-state index in [2.05, 4.69) is 20.4 Å². The van der Waals surface area contributed by atoms with E-state index in [0.29, 0.717) is 17.4 Å². The molecule has 0 spiro atoms. The Morgan fingerprint density at radius 2 is 1.89 bits per heavy atom. The van der Waals surface area contributed by atoms with Crippen molar-refractivity contribution >= 4 is 17.2 Å². The largest absolute Gasteiger partial charge is 0.374 e. The summed E-state index contributed by atoms with van der Waals surface area (Å²) in [7, 11) is 0. The van der Waals surface area contributed by atoms with Gasteiger partial charge in [0.1, 0.15) is 11.6 Å². The van der Waals surface area contributed by atoms with Gasteiger partial charge in [-0.3, -0.25) is 4.98 Å². The summed E-state index contributed by atoms with van der Waals surface area (Å²) in [6.07, 6.45) is 9.13. The minimum atomic E-state index is -1.87. The van der Waals surface area contributed by atoms with Gasteiger partial charge < -0.3 is 15.8 Å². The fourth-order valence-corrected chi connectivity index (χ4v) is 5.12. The van der Waals surface area contributed by atoms with Gasteiger partial charge >= 0.3 is 0 Å². The lowest BCUT2D eigenvalue weighted by Crippen LogP contribution is -2.42. The monoisotopic (exact) mass is 494 g/mol. The predicted octanol–water partition coefficient (Wildman–Crippen LogP) is 4.99. The number of hydrogen-bond acceptors (Lipinski definition) is 6. The Balaban J connectivity index is 1.35. The lowest BCUT2D eigenvalue weighted by atomic mass is 9.81. The molecule has 186 valence electrons. The molecule has 2 fully saturated rings. The molecule has 3 N–H and O–H groups in total. The second-order valence-corrected chi connectivity index (χ2v) is 9.62. The first-order valence-electron chi connectivity index (χ1n) is 12.0. The van der Waals surface area contributed by atoms with Crippen molar-refractivity contribution in [3.05, 3.63) is 71.7 Å². The summed E-state index contributed by atoms with van der Waals surface area (Å²) in [6.45, 7) is -0.439. The number of nitrogens with two attached hydrogens (primary N) is 1. The summed E-state index contributed by atoms with van der Waals surface area (Å²) in [5, 5.41) is 7.75. The van der Waals surface area contributed by atoms with Crippen LogP contribution in [0.25, 0.3) is 16.8 Å². The van der Waals surface area contributed by atoms with Crippen molar-refractivity contribution in [1.29, 1.82) is 0 Å². The van der Waals surface area contributed by atoms with Crippen molar-refractivity contribution < 1.29 is 17.9 Å². The molecule has 1 aliphatic heterocycles. The molecule has 1 saturated heterocycles. The predicted molar refractivity (Wildman–Crippen MR) is 129 cm³/mol. The third kappa shape index (κ3) is 4.00. The van der Waals surface area contributed by atoms with E-state index in [1.165, 1.54) is 10.6 Å². The van der Waals surface area contributed by atoms with Crippen LogP contribution >= 0.6 is 0 Å². The lowest BCUT2D eigenvalue weighted by molar-refractivity contribution is -0.135. The van der Waals surface area contributed by atoms with Crippen LogP contribution in [0.15, 0.2) is 48.9 Å². The van der Waals surface area contributed by atoms with Gasteiger partial charge in [0.05, 0.1) is 48.1 Å². The summed E-state index contributed by atoms with van der Waals surface area (Å²) in [5.41, 5.74) is 6.51. The maximum absolute atomic E-state index is 15.0. The average molecular weight is 495 g/mol. The number of rotatable bonds is 5. The first-order valence-corrected chi connectivity index (χ1v) is 12.0. The molecule has 0 amide bonds. The van der Waals surface area contributed by atoms with E-state index in [4.69, 9.17) is 10.5 Å². The number of ether oxygens (including phenoxy) is 1. The molecule has 0 radical (unpaired) electrons. The van der Waals surface area contributed by atoms with Gasteiger partial charge in [-0.25, -0.2) is 18.2 Å². The number of benzene rings is 1. The second-order valence-electron chi connectivity index (χ2n) is 9.62. The Labute approximate surface area is 205 Å². The second kappa shape index (κ2) is 8.86. The number of hydrogen-bond donors (Lipinski definition) is 2. The van der Waals surface area contributed by atoms with E-state index in [1.54, 1.807) is 24.7 Å². The molecule has 4 aromatic rings. The van der Waals surface area contributed by atoms with E-state index in [-0.39, 0.29) is 36.1 Å². The normalized spacial score (nSPS) is 21.3. The Morgan fingerprint density at radius 1 is 1.08 bits per heavy atom. The molecule has 6 rings (SSSR count). The van der Waals surface area contributed by atoms with Crippen molar-refractivity contribution in [2.45, 2.75) is 43.3 Å². The van der Waals surface area contributed by atoms with E-state index in [1.807, 2.05) is 6.07 Å². The third-order valence-electron chi connectivity index (χ3n) is 7.12. The fraction of sp³-hybridized carbons (Fsp3) is 0.346. The molecule has 4 heterocycles. The molecule has 0 unspecified atom stereocenters. The van der Waals surface area contributed by atoms with Crippen molar-refractivity contribution in [3.8, 4) is 11.3 Å². The molecule has 2 aliphatic rings. The summed E-state index contributed by atoms with van der Waals surface area (Å²) in [6, 6.07) is 7.36. The van der Waals surface area contributed by atoms with Crippen LogP contribution in [0.5, 0.6) is 0 Å². The van der Waals surface area contributed by atoms with E-state index < -0.39 is 17.3 Å². The maximum Gasteiger partial charge on any atom is 0.229 e. The smallest absolute Gasteiger partial charge is 0.229 e. The van der Waals surface area contributed by atoms with Gasteiger partial charge in [0.15, 0.2) is 5.67 Å². The van der Waals surface area contributed by atoms with Crippen LogP contribution in [0.1, 0.15) is 42.7 Å². The number of nitrogens with zero attached hydrogens (tertiary/aromatic N) is 4. The topological polar surface area (TPSA) is 90.4 Å². The molecule has 3 aromatic heterocycles. The zero-order valence-electron chi connectivity index (χ0n) is 19.4. The Bertz CT molecular complexity index is 1410. The number of fused-ring (bicyclic) bond motifs is 1. The maximum atomic E-state index is 15.0. The standard InChI is InChI=1S/C26H25F3N6O/c27-20-9-16(26(29)13-36-14-26)10-21(28)24(20)22-5-4-18-11-32-25(35(18)34-22)33-23-12-31-7-6-19(23)15-2-1-3-17(30)8-15/h4-7,9-12,15,17H,1-3,8,13-14,30H2,(H,32,33)/t15-,17+/m1/s1. The molecular weight excluding hydrogens is 469 g/mol. The number of alkyl halides is 1. The molecule has 0 bridgehead atoms. The van der Waals surface area contributed by atoms with Crippen LogP contribution in [0.4, 0.5) is 24.8 Å². The molecule has 10 heteroatoms. The summed E-state index contributed by atoms with van der Waals surface area (Å²) < 4.78 is 51.0. The number of halogens is 3. The first kappa shape index (κ1) is 22.9. The number of pyridine rings is 1. The number of nitrogens with one attached hydrogen (secondary N) is 1. The molecule has 1 saturated carbocycles. The summed E-state index contributed by atoms with van der Waals surface area (Å²) in [5.74, 6) is -1.10. The first-order chi connectivity index (χ1) is 17.4. The van der Waals surface area contributed by atoms with E-state index in [0.717, 1.165) is 49.1 Å². The van der Waals surface area contributed by atoms with Gasteiger partial charge in [-0.15, -0.1) is 0 Å². The zero-order valence-corrected chi connectivity index (χ0v) is 19.4. The molecule has 1 aromatic carbocycles. The van der Waals surface area contributed by atoms with Crippen molar-refractivity contribution in [1.82, 2.24) is 19.6 Å². The van der Waals surface area contributed by atoms with Crippen LogP contribution in [-0.4, -0.2) is 38.8 Å². The minimum Gasteiger partial charge on any atom is -0.374 e. The van der Waals surface area contributed by atoms with Crippen molar-refractivity contribution in [2.24, 2.45) is 5.73 Å². The summed E-state index contributed by atoms with van der Waals surface area (Å²) >= 11 is 0. The minimum absolute atomic E-state index is 0.0625. The highest BCUT2D eigenvalue weighted by atomic mass is 19.1. The quantitative estimate of drug-likeness (QED) is 0.406. The Morgan fingerprint density at radius 3 is 2.61 bits per heavy atom. The van der Waals surface area contributed by atoms with Crippen LogP contribution in [-0.2, 0) is 10.4 Å². The van der Waals surface area contributed by atoms with Crippen LogP contribution in [0.2, 0.25) is 0 Å².